The number of benzene rings is 1. The average molecular weight is 246 g/mol. The highest BCUT2D eigenvalue weighted by molar-refractivity contribution is 8.00. The van der Waals surface area contributed by atoms with E-state index in [1.807, 2.05) is 11.8 Å². The van der Waals surface area contributed by atoms with Gasteiger partial charge in [-0.1, -0.05) is 30.0 Å². The van der Waals surface area contributed by atoms with Crippen molar-refractivity contribution in [2.45, 2.75) is 36.1 Å². The number of nitrogens with one attached hydrogen (secondary N) is 1. The molecule has 0 bridgehead atoms. The molecule has 3 unspecified atom stereocenters. The topological polar surface area (TPSA) is 38.0 Å². The van der Waals surface area contributed by atoms with Crippen molar-refractivity contribution in [2.24, 2.45) is 11.7 Å². The van der Waals surface area contributed by atoms with Gasteiger partial charge in [0.15, 0.2) is 0 Å². The molecule has 1 aliphatic carbocycles. The van der Waals surface area contributed by atoms with Crippen molar-refractivity contribution >= 4 is 17.4 Å². The number of hydrogen-bond donors (Lipinski definition) is 2. The summed E-state index contributed by atoms with van der Waals surface area (Å²) in [6.45, 7) is 2.15. The fraction of sp³-hybridized carbons (Fsp3) is 0.429. The second kappa shape index (κ2) is 4.39. The summed E-state index contributed by atoms with van der Waals surface area (Å²) < 4.78 is 0. The molecule has 1 aromatic rings. The molecular weight excluding hydrogens is 228 g/mol. The minimum absolute atomic E-state index is 0.266. The Kier molecular flexibility index (Phi) is 2.89. The molecule has 0 amide bonds. The maximum atomic E-state index is 5.89. The summed E-state index contributed by atoms with van der Waals surface area (Å²) >= 11 is 1.95. The van der Waals surface area contributed by atoms with E-state index in [1.54, 1.807) is 0 Å². The highest BCUT2D eigenvalue weighted by atomic mass is 32.2. The number of fused-ring (bicyclic) bond motifs is 1. The van der Waals surface area contributed by atoms with Gasteiger partial charge in [-0.05, 0) is 37.5 Å². The molecule has 3 N–H and O–H groups in total. The van der Waals surface area contributed by atoms with E-state index in [2.05, 4.69) is 42.6 Å². The van der Waals surface area contributed by atoms with E-state index >= 15 is 0 Å². The van der Waals surface area contributed by atoms with Gasteiger partial charge in [0.2, 0.25) is 0 Å². The van der Waals surface area contributed by atoms with Gasteiger partial charge in [-0.25, -0.2) is 0 Å². The number of rotatable bonds is 1. The summed E-state index contributed by atoms with van der Waals surface area (Å²) in [6, 6.07) is 6.89. The van der Waals surface area contributed by atoms with Crippen molar-refractivity contribution in [3.8, 4) is 0 Å². The van der Waals surface area contributed by atoms with Gasteiger partial charge in [-0.15, -0.1) is 0 Å². The SMILES string of the molecule is Cc1ccc2c(c1)SC(C1C=CC(N)CC1)N2. The van der Waals surface area contributed by atoms with Crippen molar-refractivity contribution in [2.75, 3.05) is 5.32 Å². The zero-order valence-corrected chi connectivity index (χ0v) is 10.8. The Morgan fingerprint density at radius 1 is 1.29 bits per heavy atom. The molecule has 0 spiro atoms. The molecule has 1 aromatic carbocycles. The first kappa shape index (κ1) is 11.2. The fourth-order valence-corrected chi connectivity index (χ4v) is 3.84. The van der Waals surface area contributed by atoms with Crippen LogP contribution in [0.15, 0.2) is 35.2 Å². The molecule has 0 saturated heterocycles. The lowest BCUT2D eigenvalue weighted by molar-refractivity contribution is 0.512. The van der Waals surface area contributed by atoms with Crippen LogP contribution in [0.3, 0.4) is 0 Å². The van der Waals surface area contributed by atoms with E-state index in [1.165, 1.54) is 22.6 Å². The van der Waals surface area contributed by atoms with Crippen molar-refractivity contribution in [1.29, 1.82) is 0 Å². The zero-order valence-electron chi connectivity index (χ0n) is 10.0. The Bertz CT molecular complexity index is 456. The molecule has 0 radical (unpaired) electrons. The van der Waals surface area contributed by atoms with Crippen LogP contribution in [0, 0.1) is 12.8 Å². The Morgan fingerprint density at radius 2 is 2.18 bits per heavy atom. The quantitative estimate of drug-likeness (QED) is 0.748. The molecule has 17 heavy (non-hydrogen) atoms. The third kappa shape index (κ3) is 2.22. The van der Waals surface area contributed by atoms with Crippen molar-refractivity contribution in [1.82, 2.24) is 0 Å². The van der Waals surface area contributed by atoms with Crippen LogP contribution >= 0.6 is 11.8 Å². The lowest BCUT2D eigenvalue weighted by atomic mass is 9.93. The predicted octanol–water partition coefficient (Wildman–Crippen LogP) is 3.13. The van der Waals surface area contributed by atoms with Gasteiger partial charge < -0.3 is 11.1 Å². The predicted molar refractivity (Wildman–Crippen MR) is 74.3 cm³/mol. The summed E-state index contributed by atoms with van der Waals surface area (Å²) in [5, 5.41) is 4.10. The van der Waals surface area contributed by atoms with Gasteiger partial charge in [-0.2, -0.15) is 0 Å². The van der Waals surface area contributed by atoms with Gasteiger partial charge >= 0.3 is 0 Å². The molecule has 0 fully saturated rings. The normalized spacial score (nSPS) is 31.1. The first-order valence-corrected chi connectivity index (χ1v) is 7.08. The summed E-state index contributed by atoms with van der Waals surface area (Å²) in [7, 11) is 0. The molecule has 1 heterocycles. The van der Waals surface area contributed by atoms with Crippen molar-refractivity contribution in [3.05, 3.63) is 35.9 Å². The maximum Gasteiger partial charge on any atom is 0.0832 e. The standard InChI is InChI=1S/C14H18N2S/c1-9-2-7-12-13(8-9)17-14(16-12)10-3-5-11(15)6-4-10/h2-3,5,7-8,10-11,14,16H,4,6,15H2,1H3. The van der Waals surface area contributed by atoms with Crippen LogP contribution in [0.1, 0.15) is 18.4 Å². The summed E-state index contributed by atoms with van der Waals surface area (Å²) in [5.41, 5.74) is 8.50. The second-order valence-corrected chi connectivity index (χ2v) is 6.16. The van der Waals surface area contributed by atoms with Crippen LogP contribution in [-0.2, 0) is 0 Å². The van der Waals surface area contributed by atoms with E-state index in [-0.39, 0.29) is 6.04 Å². The molecular formula is C14H18N2S. The van der Waals surface area contributed by atoms with Crippen molar-refractivity contribution in [3.63, 3.8) is 0 Å². The fourth-order valence-electron chi connectivity index (χ4n) is 2.48. The van der Waals surface area contributed by atoms with Crippen LogP contribution in [0.4, 0.5) is 5.69 Å². The van der Waals surface area contributed by atoms with Crippen LogP contribution < -0.4 is 11.1 Å². The minimum Gasteiger partial charge on any atom is -0.372 e. The largest absolute Gasteiger partial charge is 0.372 e. The van der Waals surface area contributed by atoms with Gasteiger partial charge in [0.05, 0.1) is 5.37 Å². The molecule has 2 nitrogen and oxygen atoms in total. The molecule has 0 aromatic heterocycles. The number of aryl methyl sites for hydroxylation is 1. The third-order valence-electron chi connectivity index (χ3n) is 3.52. The summed E-state index contributed by atoms with van der Waals surface area (Å²) in [6.07, 6.45) is 6.74. The number of thioether (sulfide) groups is 1. The highest BCUT2D eigenvalue weighted by Gasteiger charge is 2.28. The van der Waals surface area contributed by atoms with Crippen LogP contribution in [-0.4, -0.2) is 11.4 Å². The Balaban J connectivity index is 1.76. The number of anilines is 1. The average Bonchev–Trinajstić information content (AvgIpc) is 2.72. The lowest BCUT2D eigenvalue weighted by Gasteiger charge is -2.25. The third-order valence-corrected chi connectivity index (χ3v) is 4.83. The second-order valence-electron chi connectivity index (χ2n) is 4.97. The Morgan fingerprint density at radius 3 is 2.94 bits per heavy atom. The van der Waals surface area contributed by atoms with Gasteiger partial charge in [0.1, 0.15) is 0 Å². The Hall–Kier alpha value is -0.930. The van der Waals surface area contributed by atoms with E-state index < -0.39 is 0 Å². The van der Waals surface area contributed by atoms with Gasteiger partial charge in [0.25, 0.3) is 0 Å². The van der Waals surface area contributed by atoms with E-state index in [4.69, 9.17) is 5.73 Å². The smallest absolute Gasteiger partial charge is 0.0832 e. The van der Waals surface area contributed by atoms with Crippen LogP contribution in [0.2, 0.25) is 0 Å². The lowest BCUT2D eigenvalue weighted by Crippen LogP contribution is -2.28. The number of nitrogens with two attached hydrogens (primary N) is 1. The molecule has 0 saturated carbocycles. The first-order chi connectivity index (χ1) is 8.22. The summed E-state index contributed by atoms with van der Waals surface area (Å²) in [5.74, 6) is 0.604. The van der Waals surface area contributed by atoms with Gasteiger partial charge in [0, 0.05) is 22.5 Å². The minimum atomic E-state index is 0.266. The molecule has 2 aliphatic rings. The number of hydrogen-bond acceptors (Lipinski definition) is 3. The molecule has 3 heteroatoms. The zero-order chi connectivity index (χ0) is 11.8. The van der Waals surface area contributed by atoms with Crippen LogP contribution in [0.25, 0.3) is 0 Å². The molecule has 90 valence electrons. The Labute approximate surface area is 107 Å². The first-order valence-electron chi connectivity index (χ1n) is 6.20. The van der Waals surface area contributed by atoms with E-state index in [0.29, 0.717) is 11.3 Å². The summed E-state index contributed by atoms with van der Waals surface area (Å²) in [4.78, 5) is 1.39. The molecule has 3 rings (SSSR count). The maximum absolute atomic E-state index is 5.89. The van der Waals surface area contributed by atoms with E-state index in [0.717, 1.165) is 6.42 Å². The molecule has 3 atom stereocenters. The molecule has 1 aliphatic heterocycles. The van der Waals surface area contributed by atoms with E-state index in [9.17, 15) is 0 Å². The highest BCUT2D eigenvalue weighted by Crippen LogP contribution is 2.43. The van der Waals surface area contributed by atoms with Crippen LogP contribution in [0.5, 0.6) is 0 Å². The van der Waals surface area contributed by atoms with Crippen molar-refractivity contribution < 1.29 is 0 Å². The monoisotopic (exact) mass is 246 g/mol. The van der Waals surface area contributed by atoms with Gasteiger partial charge in [-0.3, -0.25) is 0 Å².